The second kappa shape index (κ2) is 5.57. The van der Waals surface area contributed by atoms with Gasteiger partial charge in [-0.1, -0.05) is 22.0 Å². The first kappa shape index (κ1) is 14.4. The summed E-state index contributed by atoms with van der Waals surface area (Å²) in [5.74, 6) is -3.06. The van der Waals surface area contributed by atoms with Gasteiger partial charge in [-0.3, -0.25) is 4.79 Å². The number of hydrogen-bond acceptors (Lipinski definition) is 1. The van der Waals surface area contributed by atoms with Crippen molar-refractivity contribution in [3.63, 3.8) is 0 Å². The van der Waals surface area contributed by atoms with Gasteiger partial charge in [-0.15, -0.1) is 0 Å². The van der Waals surface area contributed by atoms with Crippen LogP contribution in [0.3, 0.4) is 0 Å². The fourth-order valence-electron chi connectivity index (χ4n) is 2.28. The van der Waals surface area contributed by atoms with Gasteiger partial charge in [0.1, 0.15) is 0 Å². The van der Waals surface area contributed by atoms with Gasteiger partial charge in [0.15, 0.2) is 0 Å². The minimum Gasteiger partial charge on any atom is -0.326 e. The fraction of sp³-hybridized carbons (Fsp3) is 0.500. The highest BCUT2D eigenvalue weighted by Crippen LogP contribution is 2.36. The van der Waals surface area contributed by atoms with Crippen molar-refractivity contribution < 1.29 is 13.6 Å². The SMILES string of the molecule is Cc1c(Br)cccc1NC(=O)C1CCC(F)(F)CC1. The molecule has 0 radical (unpaired) electrons. The zero-order valence-corrected chi connectivity index (χ0v) is 12.3. The Morgan fingerprint density at radius 1 is 1.37 bits per heavy atom. The summed E-state index contributed by atoms with van der Waals surface area (Å²) in [5.41, 5.74) is 1.67. The molecule has 1 aromatic rings. The summed E-state index contributed by atoms with van der Waals surface area (Å²) >= 11 is 3.40. The smallest absolute Gasteiger partial charge is 0.248 e. The van der Waals surface area contributed by atoms with Crippen LogP contribution in [0.15, 0.2) is 22.7 Å². The Morgan fingerprint density at radius 2 is 2.00 bits per heavy atom. The van der Waals surface area contributed by atoms with Crippen LogP contribution in [0.5, 0.6) is 0 Å². The Kier molecular flexibility index (Phi) is 4.23. The van der Waals surface area contributed by atoms with E-state index in [1.54, 1.807) is 0 Å². The zero-order chi connectivity index (χ0) is 14.0. The molecule has 1 fully saturated rings. The lowest BCUT2D eigenvalue weighted by Crippen LogP contribution is -2.31. The summed E-state index contributed by atoms with van der Waals surface area (Å²) in [6.45, 7) is 1.90. The second-order valence-corrected chi connectivity index (χ2v) is 5.89. The molecular formula is C14H16BrF2NO. The number of rotatable bonds is 2. The molecule has 0 bridgehead atoms. The average molecular weight is 332 g/mol. The Hall–Kier alpha value is -0.970. The first-order chi connectivity index (χ1) is 8.89. The van der Waals surface area contributed by atoms with Crippen LogP contribution in [0.4, 0.5) is 14.5 Å². The summed E-state index contributed by atoms with van der Waals surface area (Å²) in [5, 5.41) is 2.83. The van der Waals surface area contributed by atoms with E-state index in [-0.39, 0.29) is 37.5 Å². The van der Waals surface area contributed by atoms with E-state index in [1.165, 1.54) is 0 Å². The lowest BCUT2D eigenvalue weighted by atomic mass is 9.86. The van der Waals surface area contributed by atoms with Gasteiger partial charge in [0.25, 0.3) is 0 Å². The Balaban J connectivity index is 2.00. The van der Waals surface area contributed by atoms with E-state index in [9.17, 15) is 13.6 Å². The van der Waals surface area contributed by atoms with E-state index in [1.807, 2.05) is 25.1 Å². The molecule has 1 aliphatic rings. The molecule has 1 aromatic carbocycles. The summed E-state index contributed by atoms with van der Waals surface area (Å²) < 4.78 is 27.0. The molecule has 19 heavy (non-hydrogen) atoms. The summed E-state index contributed by atoms with van der Waals surface area (Å²) in [4.78, 5) is 12.1. The molecule has 0 aliphatic heterocycles. The molecule has 2 nitrogen and oxygen atoms in total. The molecule has 0 unspecified atom stereocenters. The van der Waals surface area contributed by atoms with Gasteiger partial charge in [0, 0.05) is 28.9 Å². The molecule has 1 N–H and O–H groups in total. The van der Waals surface area contributed by atoms with E-state index < -0.39 is 5.92 Å². The monoisotopic (exact) mass is 331 g/mol. The quantitative estimate of drug-likeness (QED) is 0.848. The molecule has 5 heteroatoms. The number of nitrogens with one attached hydrogen (secondary N) is 1. The van der Waals surface area contributed by atoms with Gasteiger partial charge in [-0.05, 0) is 37.5 Å². The predicted octanol–water partition coefficient (Wildman–Crippen LogP) is 4.52. The van der Waals surface area contributed by atoms with Crippen LogP contribution in [-0.4, -0.2) is 11.8 Å². The maximum atomic E-state index is 13.0. The van der Waals surface area contributed by atoms with Crippen LogP contribution in [-0.2, 0) is 4.79 Å². The molecule has 0 aromatic heterocycles. The minimum atomic E-state index is -2.59. The van der Waals surface area contributed by atoms with Crippen molar-refractivity contribution >= 4 is 27.5 Å². The first-order valence-electron chi connectivity index (χ1n) is 6.33. The molecule has 0 heterocycles. The van der Waals surface area contributed by atoms with Gasteiger partial charge in [0.2, 0.25) is 11.8 Å². The third-order valence-corrected chi connectivity index (χ3v) is 4.47. The van der Waals surface area contributed by atoms with E-state index in [4.69, 9.17) is 0 Å². The number of hydrogen-bond donors (Lipinski definition) is 1. The van der Waals surface area contributed by atoms with Gasteiger partial charge in [-0.2, -0.15) is 0 Å². The normalized spacial score (nSPS) is 19.2. The first-order valence-corrected chi connectivity index (χ1v) is 7.12. The van der Waals surface area contributed by atoms with Gasteiger partial charge in [0.05, 0.1) is 0 Å². The number of halogens is 3. The van der Waals surface area contributed by atoms with Crippen LogP contribution in [0.25, 0.3) is 0 Å². The van der Waals surface area contributed by atoms with E-state index in [0.717, 1.165) is 15.7 Å². The van der Waals surface area contributed by atoms with Crippen molar-refractivity contribution in [2.75, 3.05) is 5.32 Å². The fourth-order valence-corrected chi connectivity index (χ4v) is 2.65. The topological polar surface area (TPSA) is 29.1 Å². The largest absolute Gasteiger partial charge is 0.326 e. The maximum absolute atomic E-state index is 13.0. The number of carbonyl (C=O) groups excluding carboxylic acids is 1. The summed E-state index contributed by atoms with van der Waals surface area (Å²) in [6.07, 6.45) is 0.128. The third-order valence-electron chi connectivity index (χ3n) is 3.61. The highest BCUT2D eigenvalue weighted by Gasteiger charge is 2.37. The highest BCUT2D eigenvalue weighted by atomic mass is 79.9. The van der Waals surface area contributed by atoms with Crippen LogP contribution in [0, 0.1) is 12.8 Å². The molecule has 0 saturated heterocycles. The number of anilines is 1. The minimum absolute atomic E-state index is 0.156. The number of benzene rings is 1. The Morgan fingerprint density at radius 3 is 2.63 bits per heavy atom. The number of amides is 1. The maximum Gasteiger partial charge on any atom is 0.248 e. The Bertz CT molecular complexity index is 480. The van der Waals surface area contributed by atoms with E-state index >= 15 is 0 Å². The summed E-state index contributed by atoms with van der Waals surface area (Å²) in [7, 11) is 0. The van der Waals surface area contributed by atoms with Gasteiger partial charge < -0.3 is 5.32 Å². The number of carbonyl (C=O) groups is 1. The lowest BCUT2D eigenvalue weighted by Gasteiger charge is -2.27. The Labute approximate surface area is 119 Å². The van der Waals surface area contributed by atoms with Crippen LogP contribution in [0.1, 0.15) is 31.2 Å². The van der Waals surface area contributed by atoms with E-state index in [2.05, 4.69) is 21.2 Å². The molecule has 2 rings (SSSR count). The second-order valence-electron chi connectivity index (χ2n) is 5.03. The molecule has 1 amide bonds. The van der Waals surface area contributed by atoms with Crippen molar-refractivity contribution in [3.8, 4) is 0 Å². The lowest BCUT2D eigenvalue weighted by molar-refractivity contribution is -0.124. The molecule has 0 spiro atoms. The predicted molar refractivity (Wildman–Crippen MR) is 74.4 cm³/mol. The number of alkyl halides is 2. The van der Waals surface area contributed by atoms with Crippen molar-refractivity contribution in [1.82, 2.24) is 0 Å². The van der Waals surface area contributed by atoms with Crippen molar-refractivity contribution in [2.45, 2.75) is 38.5 Å². The van der Waals surface area contributed by atoms with Gasteiger partial charge >= 0.3 is 0 Å². The van der Waals surface area contributed by atoms with Crippen molar-refractivity contribution in [2.24, 2.45) is 5.92 Å². The van der Waals surface area contributed by atoms with Gasteiger partial charge in [-0.25, -0.2) is 8.78 Å². The van der Waals surface area contributed by atoms with Crippen molar-refractivity contribution in [3.05, 3.63) is 28.2 Å². The highest BCUT2D eigenvalue weighted by molar-refractivity contribution is 9.10. The summed E-state index contributed by atoms with van der Waals surface area (Å²) in [6, 6.07) is 5.54. The average Bonchev–Trinajstić information content (AvgIpc) is 2.35. The molecular weight excluding hydrogens is 316 g/mol. The van der Waals surface area contributed by atoms with E-state index in [0.29, 0.717) is 0 Å². The molecule has 1 aliphatic carbocycles. The molecule has 0 atom stereocenters. The van der Waals surface area contributed by atoms with Crippen LogP contribution < -0.4 is 5.32 Å². The van der Waals surface area contributed by atoms with Crippen LogP contribution >= 0.6 is 15.9 Å². The molecule has 104 valence electrons. The standard InChI is InChI=1S/C14H16BrF2NO/c1-9-11(15)3-2-4-12(9)18-13(19)10-5-7-14(16,17)8-6-10/h2-4,10H,5-8H2,1H3,(H,18,19). The third kappa shape index (κ3) is 3.53. The zero-order valence-electron chi connectivity index (χ0n) is 10.7. The van der Waals surface area contributed by atoms with Crippen LogP contribution in [0.2, 0.25) is 0 Å². The van der Waals surface area contributed by atoms with Crippen molar-refractivity contribution in [1.29, 1.82) is 0 Å². The molecule has 1 saturated carbocycles.